The van der Waals surface area contributed by atoms with Gasteiger partial charge < -0.3 is 24.0 Å². The molecule has 7 heteroatoms. The zero-order valence-electron chi connectivity index (χ0n) is 22.9. The fraction of sp³-hybridized carbons (Fsp3) is 0.714. The zero-order chi connectivity index (χ0) is 26.0. The Bertz CT molecular complexity index is 818. The molecule has 0 unspecified atom stereocenters. The summed E-state index contributed by atoms with van der Waals surface area (Å²) >= 11 is 0. The molecule has 1 aromatic rings. The summed E-state index contributed by atoms with van der Waals surface area (Å²) < 4.78 is 16.8. The topological polar surface area (TPSA) is 68.3 Å². The molecule has 1 aliphatic heterocycles. The first-order valence-corrected chi connectivity index (χ1v) is 13.1. The Kier molecular flexibility index (Phi) is 11.3. The van der Waals surface area contributed by atoms with Crippen molar-refractivity contribution in [3.8, 4) is 5.75 Å². The second-order valence-electron chi connectivity index (χ2n) is 10.6. The highest BCUT2D eigenvalue weighted by Crippen LogP contribution is 2.27. The van der Waals surface area contributed by atoms with E-state index in [1.165, 1.54) is 0 Å². The smallest absolute Gasteiger partial charge is 0.410 e. The number of hydrogen-bond acceptors (Lipinski definition) is 5. The lowest BCUT2D eigenvalue weighted by Crippen LogP contribution is -2.54. The molecule has 0 aromatic heterocycles. The maximum absolute atomic E-state index is 13.8. The summed E-state index contributed by atoms with van der Waals surface area (Å²) in [6, 6.07) is 5.77. The van der Waals surface area contributed by atoms with Crippen molar-refractivity contribution in [3.05, 3.63) is 29.3 Å². The molecule has 1 heterocycles. The Morgan fingerprint density at radius 1 is 1.17 bits per heavy atom. The first-order chi connectivity index (χ1) is 16.6. The predicted octanol–water partition coefficient (Wildman–Crippen LogP) is 5.69. The number of carbonyl (C=O) groups is 2. The van der Waals surface area contributed by atoms with Crippen LogP contribution >= 0.6 is 0 Å². The molecule has 1 fully saturated rings. The van der Waals surface area contributed by atoms with Gasteiger partial charge in [0, 0.05) is 44.8 Å². The highest BCUT2D eigenvalue weighted by atomic mass is 16.6. The minimum atomic E-state index is -0.545. The fourth-order valence-electron chi connectivity index (χ4n) is 4.43. The number of ether oxygens (including phenoxy) is 3. The van der Waals surface area contributed by atoms with Gasteiger partial charge in [0.15, 0.2) is 0 Å². The van der Waals surface area contributed by atoms with E-state index < -0.39 is 5.60 Å². The average Bonchev–Trinajstić information content (AvgIpc) is 2.79. The molecule has 198 valence electrons. The van der Waals surface area contributed by atoms with Crippen LogP contribution in [0, 0.1) is 0 Å². The van der Waals surface area contributed by atoms with Crippen LogP contribution in [-0.4, -0.2) is 72.9 Å². The molecule has 0 aliphatic carbocycles. The number of piperidine rings is 1. The van der Waals surface area contributed by atoms with Gasteiger partial charge in [-0.2, -0.15) is 0 Å². The van der Waals surface area contributed by atoms with Crippen LogP contribution in [0.3, 0.4) is 0 Å². The number of benzene rings is 1. The standard InChI is InChI=1S/C28H46N2O5/c1-8-9-12-22-14-15-23(19-25(22)34-18-11-17-33-7)26(31)30(21(2)3)24-13-10-16-29(20-24)27(32)35-28(4,5)6/h14-15,19,21,24H,8-13,16-18,20H2,1-7H3/t24-/m1/s1. The maximum atomic E-state index is 13.8. The molecule has 35 heavy (non-hydrogen) atoms. The lowest BCUT2D eigenvalue weighted by molar-refractivity contribution is 0.00752. The number of nitrogens with zero attached hydrogens (tertiary/aromatic N) is 2. The van der Waals surface area contributed by atoms with Gasteiger partial charge >= 0.3 is 6.09 Å². The summed E-state index contributed by atoms with van der Waals surface area (Å²) in [5.41, 5.74) is 1.21. The number of amides is 2. The summed E-state index contributed by atoms with van der Waals surface area (Å²) in [6.07, 6.45) is 5.27. The second-order valence-corrected chi connectivity index (χ2v) is 10.6. The summed E-state index contributed by atoms with van der Waals surface area (Å²) in [6.45, 7) is 14.2. The third-order valence-electron chi connectivity index (χ3n) is 6.10. The molecule has 0 N–H and O–H groups in total. The van der Waals surface area contributed by atoms with Crippen molar-refractivity contribution in [2.75, 3.05) is 33.4 Å². The van der Waals surface area contributed by atoms with Gasteiger partial charge in [-0.1, -0.05) is 19.4 Å². The van der Waals surface area contributed by atoms with Crippen LogP contribution in [0.2, 0.25) is 0 Å². The van der Waals surface area contributed by atoms with Crippen LogP contribution in [0.1, 0.15) is 89.6 Å². The van der Waals surface area contributed by atoms with E-state index in [9.17, 15) is 9.59 Å². The van der Waals surface area contributed by atoms with Crippen molar-refractivity contribution < 1.29 is 23.8 Å². The molecule has 0 bridgehead atoms. The molecule has 0 saturated carbocycles. The van der Waals surface area contributed by atoms with E-state index in [-0.39, 0.29) is 24.1 Å². The van der Waals surface area contributed by atoms with Crippen molar-refractivity contribution in [3.63, 3.8) is 0 Å². The molecule has 1 atom stereocenters. The minimum Gasteiger partial charge on any atom is -0.493 e. The number of methoxy groups -OCH3 is 1. The summed E-state index contributed by atoms with van der Waals surface area (Å²) in [7, 11) is 1.68. The van der Waals surface area contributed by atoms with E-state index in [1.54, 1.807) is 12.0 Å². The van der Waals surface area contributed by atoms with E-state index in [1.807, 2.05) is 57.7 Å². The number of aryl methyl sites for hydroxylation is 1. The first kappa shape index (κ1) is 29.0. The minimum absolute atomic E-state index is 0.00285. The molecule has 2 rings (SSSR count). The van der Waals surface area contributed by atoms with Crippen molar-refractivity contribution >= 4 is 12.0 Å². The monoisotopic (exact) mass is 490 g/mol. The van der Waals surface area contributed by atoms with Crippen molar-refractivity contribution in [2.45, 2.75) is 97.8 Å². The summed E-state index contributed by atoms with van der Waals surface area (Å²) in [4.78, 5) is 30.1. The largest absolute Gasteiger partial charge is 0.493 e. The summed E-state index contributed by atoms with van der Waals surface area (Å²) in [5.74, 6) is 0.753. The second kappa shape index (κ2) is 13.7. The van der Waals surface area contributed by atoms with E-state index in [0.717, 1.165) is 49.8 Å². The van der Waals surface area contributed by atoms with Gasteiger partial charge in [0.1, 0.15) is 11.4 Å². The highest BCUT2D eigenvalue weighted by molar-refractivity contribution is 5.95. The number of hydrogen-bond donors (Lipinski definition) is 0. The van der Waals surface area contributed by atoms with Crippen LogP contribution in [0.5, 0.6) is 5.75 Å². The van der Waals surface area contributed by atoms with E-state index in [2.05, 4.69) is 6.92 Å². The Balaban J connectivity index is 2.22. The lowest BCUT2D eigenvalue weighted by Gasteiger charge is -2.41. The SMILES string of the molecule is CCCCc1ccc(C(=O)N(C(C)C)[C@@H]2CCCN(C(=O)OC(C)(C)C)C2)cc1OCCCOC. The Labute approximate surface area is 212 Å². The number of likely N-dealkylation sites (tertiary alicyclic amines) is 1. The third-order valence-corrected chi connectivity index (χ3v) is 6.10. The molecule has 1 saturated heterocycles. The van der Waals surface area contributed by atoms with Gasteiger partial charge in [-0.05, 0) is 78.0 Å². The number of unbranched alkanes of at least 4 members (excludes halogenated alkanes) is 1. The van der Waals surface area contributed by atoms with Crippen molar-refractivity contribution in [2.24, 2.45) is 0 Å². The number of rotatable bonds is 11. The van der Waals surface area contributed by atoms with E-state index in [0.29, 0.717) is 31.9 Å². The fourth-order valence-corrected chi connectivity index (χ4v) is 4.43. The lowest BCUT2D eigenvalue weighted by atomic mass is 10.00. The van der Waals surface area contributed by atoms with Crippen LogP contribution in [0.25, 0.3) is 0 Å². The van der Waals surface area contributed by atoms with Crippen molar-refractivity contribution in [1.29, 1.82) is 0 Å². The quantitative estimate of drug-likeness (QED) is 0.373. The van der Waals surface area contributed by atoms with Gasteiger partial charge in [-0.25, -0.2) is 4.79 Å². The van der Waals surface area contributed by atoms with Gasteiger partial charge in [-0.3, -0.25) is 4.79 Å². The third kappa shape index (κ3) is 9.02. The van der Waals surface area contributed by atoms with Crippen LogP contribution in [-0.2, 0) is 15.9 Å². The first-order valence-electron chi connectivity index (χ1n) is 13.1. The van der Waals surface area contributed by atoms with Gasteiger partial charge in [-0.15, -0.1) is 0 Å². The molecule has 1 aromatic carbocycles. The maximum Gasteiger partial charge on any atom is 0.410 e. The predicted molar refractivity (Wildman–Crippen MR) is 139 cm³/mol. The number of carbonyl (C=O) groups excluding carboxylic acids is 2. The van der Waals surface area contributed by atoms with E-state index in [4.69, 9.17) is 14.2 Å². The molecule has 7 nitrogen and oxygen atoms in total. The van der Waals surface area contributed by atoms with Crippen molar-refractivity contribution in [1.82, 2.24) is 9.80 Å². The molecule has 0 spiro atoms. The van der Waals surface area contributed by atoms with Gasteiger partial charge in [0.25, 0.3) is 5.91 Å². The molecule has 2 amide bonds. The Morgan fingerprint density at radius 2 is 1.91 bits per heavy atom. The Morgan fingerprint density at radius 3 is 2.54 bits per heavy atom. The highest BCUT2D eigenvalue weighted by Gasteiger charge is 2.34. The Hall–Kier alpha value is -2.28. The zero-order valence-corrected chi connectivity index (χ0v) is 22.9. The van der Waals surface area contributed by atoms with E-state index >= 15 is 0 Å². The van der Waals surface area contributed by atoms with Gasteiger partial charge in [0.2, 0.25) is 0 Å². The van der Waals surface area contributed by atoms with Crippen LogP contribution < -0.4 is 4.74 Å². The molecule has 0 radical (unpaired) electrons. The molecular formula is C28H46N2O5. The molecular weight excluding hydrogens is 444 g/mol. The average molecular weight is 491 g/mol. The normalized spacial score (nSPS) is 16.3. The van der Waals surface area contributed by atoms with Crippen LogP contribution in [0.4, 0.5) is 4.79 Å². The van der Waals surface area contributed by atoms with Gasteiger partial charge in [0.05, 0.1) is 12.6 Å². The summed E-state index contributed by atoms with van der Waals surface area (Å²) in [5, 5.41) is 0. The molecule has 1 aliphatic rings. The van der Waals surface area contributed by atoms with Crippen LogP contribution in [0.15, 0.2) is 18.2 Å².